The molecule has 0 aliphatic rings. The topological polar surface area (TPSA) is 60.7 Å². The van der Waals surface area contributed by atoms with Crippen LogP contribution in [-0.2, 0) is 13.0 Å². The van der Waals surface area contributed by atoms with Crippen LogP contribution < -0.4 is 0 Å². The molecule has 2 aromatic rings. The van der Waals surface area contributed by atoms with Crippen LogP contribution in [0.5, 0.6) is 11.5 Å². The summed E-state index contributed by atoms with van der Waals surface area (Å²) in [7, 11) is 0. The fourth-order valence-corrected chi connectivity index (χ4v) is 2.68. The van der Waals surface area contributed by atoms with Crippen molar-refractivity contribution in [2.45, 2.75) is 40.7 Å². The fraction of sp³-hybridized carbons (Fsp3) is 0.333. The maximum atomic E-state index is 10.0. The van der Waals surface area contributed by atoms with Crippen molar-refractivity contribution in [3.63, 3.8) is 0 Å². The lowest BCUT2D eigenvalue weighted by molar-refractivity contribution is 0.274. The van der Waals surface area contributed by atoms with Crippen molar-refractivity contribution >= 4 is 0 Å². The molecule has 0 radical (unpaired) electrons. The zero-order valence-electron chi connectivity index (χ0n) is 13.0. The minimum Gasteiger partial charge on any atom is -0.508 e. The first-order chi connectivity index (χ1) is 9.85. The van der Waals surface area contributed by atoms with Crippen LogP contribution in [-0.4, -0.2) is 15.3 Å². The average Bonchev–Trinajstić information content (AvgIpc) is 2.42. The van der Waals surface area contributed by atoms with Crippen molar-refractivity contribution in [2.75, 3.05) is 0 Å². The molecule has 21 heavy (non-hydrogen) atoms. The summed E-state index contributed by atoms with van der Waals surface area (Å²) in [5.41, 5.74) is 6.40. The van der Waals surface area contributed by atoms with E-state index >= 15 is 0 Å². The highest BCUT2D eigenvalue weighted by Gasteiger charge is 2.13. The third-order valence-electron chi connectivity index (χ3n) is 4.18. The normalized spacial score (nSPS) is 10.9. The molecular weight excluding hydrogens is 264 g/mol. The second-order valence-corrected chi connectivity index (χ2v) is 5.70. The summed E-state index contributed by atoms with van der Waals surface area (Å²) in [6.45, 7) is 7.45. The lowest BCUT2D eigenvalue weighted by Crippen LogP contribution is -2.01. The maximum absolute atomic E-state index is 10.0. The van der Waals surface area contributed by atoms with Gasteiger partial charge in [0.05, 0.1) is 6.61 Å². The van der Waals surface area contributed by atoms with E-state index in [0.29, 0.717) is 17.7 Å². The van der Waals surface area contributed by atoms with Gasteiger partial charge in [-0.15, -0.1) is 0 Å². The lowest BCUT2D eigenvalue weighted by Gasteiger charge is -2.16. The fourth-order valence-electron chi connectivity index (χ4n) is 2.68. The minimum absolute atomic E-state index is 0.167. The largest absolute Gasteiger partial charge is 0.508 e. The van der Waals surface area contributed by atoms with Gasteiger partial charge >= 0.3 is 0 Å². The second kappa shape index (κ2) is 5.78. The highest BCUT2D eigenvalue weighted by atomic mass is 16.3. The van der Waals surface area contributed by atoms with Crippen LogP contribution in [0.15, 0.2) is 18.2 Å². The molecule has 0 aliphatic heterocycles. The van der Waals surface area contributed by atoms with Crippen LogP contribution in [0.3, 0.4) is 0 Å². The molecule has 112 valence electrons. The van der Waals surface area contributed by atoms with Crippen molar-refractivity contribution in [1.29, 1.82) is 0 Å². The molecule has 0 bridgehead atoms. The first-order valence-corrected chi connectivity index (χ1v) is 7.06. The highest BCUT2D eigenvalue weighted by molar-refractivity contribution is 5.51. The Labute approximate surface area is 125 Å². The van der Waals surface area contributed by atoms with Crippen molar-refractivity contribution in [3.05, 3.63) is 57.1 Å². The van der Waals surface area contributed by atoms with Gasteiger partial charge in [0, 0.05) is 5.56 Å². The molecule has 0 saturated heterocycles. The molecule has 0 amide bonds. The van der Waals surface area contributed by atoms with E-state index in [2.05, 4.69) is 0 Å². The summed E-state index contributed by atoms with van der Waals surface area (Å²) >= 11 is 0. The summed E-state index contributed by atoms with van der Waals surface area (Å²) in [5, 5.41) is 29.2. The molecule has 0 unspecified atom stereocenters. The molecule has 0 spiro atoms. The van der Waals surface area contributed by atoms with E-state index in [-0.39, 0.29) is 12.4 Å². The van der Waals surface area contributed by atoms with Gasteiger partial charge in [0.25, 0.3) is 0 Å². The van der Waals surface area contributed by atoms with E-state index < -0.39 is 0 Å². The van der Waals surface area contributed by atoms with Crippen molar-refractivity contribution in [3.8, 4) is 11.5 Å². The van der Waals surface area contributed by atoms with Crippen LogP contribution in [0.4, 0.5) is 0 Å². The third-order valence-corrected chi connectivity index (χ3v) is 4.18. The summed E-state index contributed by atoms with van der Waals surface area (Å²) in [5.74, 6) is 0.489. The number of rotatable bonds is 3. The van der Waals surface area contributed by atoms with Crippen LogP contribution in [0.25, 0.3) is 0 Å². The number of aliphatic hydroxyl groups is 1. The van der Waals surface area contributed by atoms with E-state index in [1.165, 1.54) is 0 Å². The summed E-state index contributed by atoms with van der Waals surface area (Å²) in [4.78, 5) is 0. The zero-order valence-corrected chi connectivity index (χ0v) is 13.0. The Kier molecular flexibility index (Phi) is 4.24. The molecule has 0 aromatic heterocycles. The van der Waals surface area contributed by atoms with Gasteiger partial charge in [-0.2, -0.15) is 0 Å². The van der Waals surface area contributed by atoms with E-state index in [1.54, 1.807) is 6.07 Å². The van der Waals surface area contributed by atoms with Gasteiger partial charge in [-0.3, -0.25) is 0 Å². The Bertz CT molecular complexity index is 688. The predicted molar refractivity (Wildman–Crippen MR) is 83.9 cm³/mol. The third kappa shape index (κ3) is 2.88. The Morgan fingerprint density at radius 1 is 0.810 bits per heavy atom. The first-order valence-electron chi connectivity index (χ1n) is 7.06. The van der Waals surface area contributed by atoms with Crippen LogP contribution in [0, 0.1) is 27.7 Å². The van der Waals surface area contributed by atoms with Crippen molar-refractivity contribution in [2.24, 2.45) is 0 Å². The van der Waals surface area contributed by atoms with Crippen LogP contribution in [0.1, 0.15) is 38.9 Å². The van der Waals surface area contributed by atoms with Gasteiger partial charge in [-0.05, 0) is 73.6 Å². The standard InChI is InChI=1S/C18H22O3/c1-10-7-17(20)11(2)5-14(10)8-15-6-12(3)18(21)16(9-19)13(15)4/h5-7,19-21H,8-9H2,1-4H3. The zero-order chi connectivity index (χ0) is 15.7. The Morgan fingerprint density at radius 3 is 2.05 bits per heavy atom. The minimum atomic E-state index is -0.167. The summed E-state index contributed by atoms with van der Waals surface area (Å²) in [6.07, 6.45) is 0.715. The molecule has 2 aromatic carbocycles. The molecule has 2 rings (SSSR count). The van der Waals surface area contributed by atoms with E-state index in [9.17, 15) is 15.3 Å². The number of aliphatic hydroxyl groups excluding tert-OH is 1. The summed E-state index contributed by atoms with van der Waals surface area (Å²) < 4.78 is 0. The molecule has 0 aliphatic carbocycles. The van der Waals surface area contributed by atoms with Gasteiger partial charge in [0.15, 0.2) is 0 Å². The SMILES string of the molecule is Cc1cc(Cc2cc(C)c(O)c(CO)c2C)c(C)cc1O. The van der Waals surface area contributed by atoms with Crippen molar-refractivity contribution in [1.82, 2.24) is 0 Å². The van der Waals surface area contributed by atoms with E-state index in [1.807, 2.05) is 39.8 Å². The number of aryl methyl sites for hydroxylation is 3. The number of hydrogen-bond donors (Lipinski definition) is 3. The van der Waals surface area contributed by atoms with Gasteiger partial charge in [0.1, 0.15) is 11.5 Å². The predicted octanol–water partition coefficient (Wildman–Crippen LogP) is 3.41. The highest BCUT2D eigenvalue weighted by Crippen LogP contribution is 2.31. The molecule has 0 fully saturated rings. The monoisotopic (exact) mass is 286 g/mol. The smallest absolute Gasteiger partial charge is 0.124 e. The Hall–Kier alpha value is -2.00. The maximum Gasteiger partial charge on any atom is 0.124 e. The van der Waals surface area contributed by atoms with Gasteiger partial charge in [-0.1, -0.05) is 12.1 Å². The average molecular weight is 286 g/mol. The number of aromatic hydroxyl groups is 2. The van der Waals surface area contributed by atoms with Gasteiger partial charge in [0.2, 0.25) is 0 Å². The first kappa shape index (κ1) is 15.4. The molecule has 3 nitrogen and oxygen atoms in total. The number of hydrogen-bond acceptors (Lipinski definition) is 3. The number of phenolic OH excluding ortho intramolecular Hbond substituents is 1. The quantitative estimate of drug-likeness (QED) is 0.810. The van der Waals surface area contributed by atoms with E-state index in [4.69, 9.17) is 0 Å². The molecule has 3 N–H and O–H groups in total. The molecule has 0 atom stereocenters. The van der Waals surface area contributed by atoms with Crippen LogP contribution in [0.2, 0.25) is 0 Å². The van der Waals surface area contributed by atoms with Crippen molar-refractivity contribution < 1.29 is 15.3 Å². The lowest BCUT2D eigenvalue weighted by atomic mass is 9.91. The van der Waals surface area contributed by atoms with Gasteiger partial charge in [-0.25, -0.2) is 0 Å². The molecule has 0 saturated carbocycles. The van der Waals surface area contributed by atoms with Crippen LogP contribution >= 0.6 is 0 Å². The summed E-state index contributed by atoms with van der Waals surface area (Å²) in [6, 6.07) is 5.73. The number of benzene rings is 2. The Morgan fingerprint density at radius 2 is 1.43 bits per heavy atom. The Balaban J connectivity index is 2.50. The second-order valence-electron chi connectivity index (χ2n) is 5.70. The van der Waals surface area contributed by atoms with Gasteiger partial charge < -0.3 is 15.3 Å². The molecule has 0 heterocycles. The molecular formula is C18H22O3. The molecule has 3 heteroatoms. The van der Waals surface area contributed by atoms with E-state index in [0.717, 1.165) is 33.4 Å². The number of phenols is 2.